The van der Waals surface area contributed by atoms with E-state index in [1.54, 1.807) is 0 Å². The summed E-state index contributed by atoms with van der Waals surface area (Å²) in [6, 6.07) is 0. The van der Waals surface area contributed by atoms with Gasteiger partial charge in [0.05, 0.1) is 6.10 Å². The molecule has 2 N–H and O–H groups in total. The zero-order valence-electron chi connectivity index (χ0n) is 8.16. The molecule has 1 atom stereocenters. The van der Waals surface area contributed by atoms with E-state index in [1.807, 2.05) is 4.90 Å². The highest BCUT2D eigenvalue weighted by Crippen LogP contribution is 2.13. The van der Waals surface area contributed by atoms with Gasteiger partial charge in [-0.15, -0.1) is 0 Å². The van der Waals surface area contributed by atoms with E-state index in [0.29, 0.717) is 13.0 Å². The van der Waals surface area contributed by atoms with E-state index in [-0.39, 0.29) is 12.0 Å². The van der Waals surface area contributed by atoms with Crippen LogP contribution in [0.1, 0.15) is 32.6 Å². The largest absolute Gasteiger partial charge is 0.340 e. The molecule has 0 bridgehead atoms. The van der Waals surface area contributed by atoms with Crippen molar-refractivity contribution in [3.05, 3.63) is 0 Å². The molecule has 4 nitrogen and oxygen atoms in total. The lowest BCUT2D eigenvalue weighted by Crippen LogP contribution is -2.30. The van der Waals surface area contributed by atoms with Gasteiger partial charge < -0.3 is 4.90 Å². The van der Waals surface area contributed by atoms with Crippen LogP contribution in [0.5, 0.6) is 0 Å². The first-order valence-electron chi connectivity index (χ1n) is 4.91. The average Bonchev–Trinajstić information content (AvgIpc) is 2.62. The molecule has 0 radical (unpaired) electrons. The van der Waals surface area contributed by atoms with E-state index in [9.17, 15) is 4.79 Å². The molecule has 1 aliphatic rings. The molecule has 13 heavy (non-hydrogen) atoms. The summed E-state index contributed by atoms with van der Waals surface area (Å²) < 4.78 is 0. The zero-order chi connectivity index (χ0) is 9.68. The number of carbonyl (C=O) groups is 1. The normalized spacial score (nSPS) is 22.3. The highest BCUT2D eigenvalue weighted by atomic mass is 16.6. The summed E-state index contributed by atoms with van der Waals surface area (Å²) in [7, 11) is 0. The maximum atomic E-state index is 11.5. The van der Waals surface area contributed by atoms with Gasteiger partial charge in [0, 0.05) is 19.5 Å². The smallest absolute Gasteiger partial charge is 0.222 e. The number of carbonyl (C=O) groups excluding carboxylic acids is 1. The molecule has 1 saturated heterocycles. The number of hydrogen-bond donors (Lipinski definition) is 1. The topological polar surface area (TPSA) is 55.6 Å². The quantitative estimate of drug-likeness (QED) is 0.656. The number of unbranched alkanes of at least 4 members (excludes halogenated alkanes) is 1. The van der Waals surface area contributed by atoms with Gasteiger partial charge in [0.1, 0.15) is 0 Å². The molecule has 1 fully saturated rings. The Morgan fingerprint density at radius 1 is 1.69 bits per heavy atom. The van der Waals surface area contributed by atoms with Crippen molar-refractivity contribution in [1.82, 2.24) is 4.90 Å². The predicted molar refractivity (Wildman–Crippen MR) is 49.8 cm³/mol. The Morgan fingerprint density at radius 2 is 2.46 bits per heavy atom. The maximum absolute atomic E-state index is 11.5. The fourth-order valence-corrected chi connectivity index (χ4v) is 1.55. The second kappa shape index (κ2) is 5.19. The highest BCUT2D eigenvalue weighted by molar-refractivity contribution is 5.76. The average molecular weight is 186 g/mol. The predicted octanol–water partition coefficient (Wildman–Crippen LogP) is 0.668. The van der Waals surface area contributed by atoms with Crippen LogP contribution in [0.25, 0.3) is 0 Å². The maximum Gasteiger partial charge on any atom is 0.222 e. The van der Waals surface area contributed by atoms with Gasteiger partial charge in [-0.1, -0.05) is 13.3 Å². The molecule has 76 valence electrons. The first-order valence-corrected chi connectivity index (χ1v) is 4.91. The summed E-state index contributed by atoms with van der Waals surface area (Å²) in [4.78, 5) is 18.0. The van der Waals surface area contributed by atoms with Crippen LogP contribution in [0.2, 0.25) is 0 Å². The summed E-state index contributed by atoms with van der Waals surface area (Å²) in [5, 5.41) is 0. The minimum absolute atomic E-state index is 0.0468. The third-order valence-electron chi connectivity index (χ3n) is 2.43. The van der Waals surface area contributed by atoms with Crippen LogP contribution in [0.3, 0.4) is 0 Å². The standard InChI is InChI=1S/C9H18N2O2/c1-2-3-4-9(12)11-6-5-8(7-11)13-10/h8H,2-7,10H2,1H3. The Hall–Kier alpha value is -0.610. The minimum atomic E-state index is 0.0468. The molecular weight excluding hydrogens is 168 g/mol. The van der Waals surface area contributed by atoms with Gasteiger partial charge >= 0.3 is 0 Å². The van der Waals surface area contributed by atoms with Gasteiger partial charge in [-0.2, -0.15) is 0 Å². The van der Waals surface area contributed by atoms with Crippen molar-refractivity contribution in [2.24, 2.45) is 5.90 Å². The number of hydrogen-bond acceptors (Lipinski definition) is 3. The van der Waals surface area contributed by atoms with Crippen molar-refractivity contribution in [2.45, 2.75) is 38.7 Å². The molecule has 1 aliphatic heterocycles. The second-order valence-electron chi connectivity index (χ2n) is 3.49. The number of likely N-dealkylation sites (tertiary alicyclic amines) is 1. The Labute approximate surface area is 79.0 Å². The highest BCUT2D eigenvalue weighted by Gasteiger charge is 2.25. The molecule has 1 amide bonds. The van der Waals surface area contributed by atoms with Crippen LogP contribution < -0.4 is 5.90 Å². The SMILES string of the molecule is CCCCC(=O)N1CCC(ON)C1. The molecule has 4 heteroatoms. The lowest BCUT2D eigenvalue weighted by molar-refractivity contribution is -0.130. The van der Waals surface area contributed by atoms with Crippen LogP contribution >= 0.6 is 0 Å². The summed E-state index contributed by atoms with van der Waals surface area (Å²) in [6.07, 6.45) is 3.62. The van der Waals surface area contributed by atoms with Crippen LogP contribution in [0.15, 0.2) is 0 Å². The second-order valence-corrected chi connectivity index (χ2v) is 3.49. The fraction of sp³-hybridized carbons (Fsp3) is 0.889. The van der Waals surface area contributed by atoms with Crippen LogP contribution in [-0.2, 0) is 9.63 Å². The van der Waals surface area contributed by atoms with Gasteiger partial charge in [-0.05, 0) is 12.8 Å². The van der Waals surface area contributed by atoms with Crippen molar-refractivity contribution in [3.63, 3.8) is 0 Å². The first-order chi connectivity index (χ1) is 6.27. The van der Waals surface area contributed by atoms with Crippen molar-refractivity contribution in [2.75, 3.05) is 13.1 Å². The Bertz CT molecular complexity index is 173. The number of amides is 1. The van der Waals surface area contributed by atoms with Crippen molar-refractivity contribution in [3.8, 4) is 0 Å². The Balaban J connectivity index is 2.25. The van der Waals surface area contributed by atoms with Gasteiger partial charge in [-0.3, -0.25) is 9.63 Å². The Morgan fingerprint density at radius 3 is 3.00 bits per heavy atom. The third kappa shape index (κ3) is 2.97. The summed E-state index contributed by atoms with van der Waals surface area (Å²) in [5.74, 6) is 5.30. The van der Waals surface area contributed by atoms with E-state index < -0.39 is 0 Å². The molecule has 1 unspecified atom stereocenters. The lowest BCUT2D eigenvalue weighted by atomic mass is 10.2. The van der Waals surface area contributed by atoms with E-state index in [1.165, 1.54) is 0 Å². The first kappa shape index (κ1) is 10.5. The minimum Gasteiger partial charge on any atom is -0.340 e. The summed E-state index contributed by atoms with van der Waals surface area (Å²) in [6.45, 7) is 3.55. The van der Waals surface area contributed by atoms with Crippen molar-refractivity contribution >= 4 is 5.91 Å². The van der Waals surface area contributed by atoms with E-state index in [2.05, 4.69) is 6.92 Å². The summed E-state index contributed by atoms with van der Waals surface area (Å²) >= 11 is 0. The van der Waals surface area contributed by atoms with Crippen LogP contribution in [0, 0.1) is 0 Å². The molecule has 0 saturated carbocycles. The van der Waals surface area contributed by atoms with Gasteiger partial charge in [0.25, 0.3) is 0 Å². The number of nitrogens with two attached hydrogens (primary N) is 1. The van der Waals surface area contributed by atoms with Gasteiger partial charge in [-0.25, -0.2) is 5.90 Å². The molecule has 0 aromatic carbocycles. The summed E-state index contributed by atoms with van der Waals surface area (Å²) in [5.41, 5.74) is 0. The molecule has 0 aromatic heterocycles. The molecule has 0 aromatic rings. The van der Waals surface area contributed by atoms with Crippen LogP contribution in [0.4, 0.5) is 0 Å². The van der Waals surface area contributed by atoms with Crippen molar-refractivity contribution < 1.29 is 9.63 Å². The van der Waals surface area contributed by atoms with E-state index in [0.717, 1.165) is 25.8 Å². The molecular formula is C9H18N2O2. The third-order valence-corrected chi connectivity index (χ3v) is 2.43. The molecule has 1 rings (SSSR count). The zero-order valence-corrected chi connectivity index (χ0v) is 8.16. The molecule has 0 aliphatic carbocycles. The number of rotatable bonds is 4. The van der Waals surface area contributed by atoms with Crippen molar-refractivity contribution in [1.29, 1.82) is 0 Å². The fourth-order valence-electron chi connectivity index (χ4n) is 1.55. The van der Waals surface area contributed by atoms with Gasteiger partial charge in [0.15, 0.2) is 0 Å². The Kier molecular flexibility index (Phi) is 4.18. The van der Waals surface area contributed by atoms with E-state index in [4.69, 9.17) is 10.7 Å². The number of nitrogens with zero attached hydrogens (tertiary/aromatic N) is 1. The van der Waals surface area contributed by atoms with Crippen LogP contribution in [-0.4, -0.2) is 30.0 Å². The van der Waals surface area contributed by atoms with E-state index >= 15 is 0 Å². The monoisotopic (exact) mass is 186 g/mol. The molecule has 1 heterocycles. The molecule has 0 spiro atoms. The lowest BCUT2D eigenvalue weighted by Gasteiger charge is -2.15. The van der Waals surface area contributed by atoms with Gasteiger partial charge in [0.2, 0.25) is 5.91 Å².